The van der Waals surface area contributed by atoms with Crippen molar-refractivity contribution in [2.75, 3.05) is 4.90 Å². The van der Waals surface area contributed by atoms with Crippen LogP contribution >= 0.6 is 0 Å². The number of nitrogens with zero attached hydrogens (tertiary/aromatic N) is 2. The van der Waals surface area contributed by atoms with E-state index in [2.05, 4.69) is 0 Å². The van der Waals surface area contributed by atoms with Crippen LogP contribution in [0.4, 0.5) is 23.2 Å². The van der Waals surface area contributed by atoms with Crippen molar-refractivity contribution in [1.82, 2.24) is 0 Å². The zero-order valence-electron chi connectivity index (χ0n) is 15.5. The number of nitrogens with two attached hydrogens (primary N) is 1. The molecule has 2 amide bonds. The lowest BCUT2D eigenvalue weighted by Gasteiger charge is -2.40. The third-order valence-corrected chi connectivity index (χ3v) is 6.37. The lowest BCUT2D eigenvalue weighted by atomic mass is 9.82. The van der Waals surface area contributed by atoms with Gasteiger partial charge in [0.25, 0.3) is 0 Å². The molecule has 2 bridgehead atoms. The number of fused-ring (bicyclic) bond motifs is 5. The summed E-state index contributed by atoms with van der Waals surface area (Å²) in [6.45, 7) is 3.42. The minimum atomic E-state index is -5.17. The molecule has 3 heterocycles. The van der Waals surface area contributed by atoms with E-state index in [1.807, 2.05) is 0 Å². The smallest absolute Gasteiger partial charge is 0.370 e. The van der Waals surface area contributed by atoms with Gasteiger partial charge in [-0.1, -0.05) is 6.92 Å². The number of hydrogen-bond acceptors (Lipinski definition) is 5. The van der Waals surface area contributed by atoms with Crippen molar-refractivity contribution < 1.29 is 31.9 Å². The average molecular weight is 411 g/mol. The molecule has 10 heteroatoms. The highest BCUT2D eigenvalue weighted by Gasteiger charge is 2.68. The van der Waals surface area contributed by atoms with Crippen LogP contribution in [0.3, 0.4) is 0 Å². The van der Waals surface area contributed by atoms with Crippen LogP contribution < -0.4 is 10.6 Å². The molecule has 2 N–H and O–H groups in total. The van der Waals surface area contributed by atoms with Gasteiger partial charge in [-0.2, -0.15) is 18.4 Å². The van der Waals surface area contributed by atoms with E-state index >= 15 is 0 Å². The summed E-state index contributed by atoms with van der Waals surface area (Å²) in [5.74, 6) is -5.61. The molecule has 3 aliphatic heterocycles. The number of anilines is 1. The molecule has 6 atom stereocenters. The number of rotatable bonds is 1. The van der Waals surface area contributed by atoms with Crippen molar-refractivity contribution in [3.05, 3.63) is 29.1 Å². The number of benzene rings is 1. The highest BCUT2D eigenvalue weighted by molar-refractivity contribution is 6.23. The number of carbonyl (C=O) groups excluding carboxylic acids is 2. The molecule has 154 valence electrons. The molecule has 3 aliphatic rings. The van der Waals surface area contributed by atoms with E-state index in [4.69, 9.17) is 15.7 Å². The van der Waals surface area contributed by atoms with Gasteiger partial charge in [-0.05, 0) is 31.4 Å². The molecule has 3 fully saturated rings. The maximum Gasteiger partial charge on any atom is 0.420 e. The number of halogens is 4. The maximum atomic E-state index is 14.8. The molecule has 4 rings (SSSR count). The van der Waals surface area contributed by atoms with Crippen LogP contribution in [0.25, 0.3) is 0 Å². The Morgan fingerprint density at radius 3 is 2.55 bits per heavy atom. The van der Waals surface area contributed by atoms with Crippen LogP contribution in [0.15, 0.2) is 12.1 Å². The number of nitriles is 1. The zero-order chi connectivity index (χ0) is 21.5. The molecule has 0 saturated carbocycles. The van der Waals surface area contributed by atoms with Crippen LogP contribution in [0.2, 0.25) is 0 Å². The molecule has 0 aromatic heterocycles. The van der Waals surface area contributed by atoms with Gasteiger partial charge in [0.05, 0.1) is 40.9 Å². The molecule has 1 unspecified atom stereocenters. The van der Waals surface area contributed by atoms with E-state index in [1.165, 1.54) is 6.07 Å². The summed E-state index contributed by atoms with van der Waals surface area (Å²) in [7, 11) is 0. The van der Waals surface area contributed by atoms with Crippen molar-refractivity contribution >= 4 is 17.5 Å². The number of imide groups is 1. The second kappa shape index (κ2) is 6.00. The molecule has 0 aliphatic carbocycles. The van der Waals surface area contributed by atoms with Crippen LogP contribution in [0.5, 0.6) is 0 Å². The molecule has 0 spiro atoms. The summed E-state index contributed by atoms with van der Waals surface area (Å²) in [6.07, 6.45) is -5.55. The first-order chi connectivity index (χ1) is 13.4. The van der Waals surface area contributed by atoms with Gasteiger partial charge >= 0.3 is 6.18 Å². The van der Waals surface area contributed by atoms with E-state index in [1.54, 1.807) is 13.8 Å². The quantitative estimate of drug-likeness (QED) is 0.565. The van der Waals surface area contributed by atoms with E-state index < -0.39 is 64.2 Å². The lowest BCUT2D eigenvalue weighted by molar-refractivity contribution is -0.142. The largest absolute Gasteiger partial charge is 0.420 e. The highest BCUT2D eigenvalue weighted by atomic mass is 19.4. The minimum Gasteiger partial charge on any atom is -0.370 e. The van der Waals surface area contributed by atoms with Crippen molar-refractivity contribution in [3.8, 4) is 6.07 Å². The predicted molar refractivity (Wildman–Crippen MR) is 90.6 cm³/mol. The minimum absolute atomic E-state index is 0.258. The summed E-state index contributed by atoms with van der Waals surface area (Å²) < 4.78 is 60.7. The fraction of sp³-hybridized carbons (Fsp3) is 0.526. The van der Waals surface area contributed by atoms with E-state index in [9.17, 15) is 27.2 Å². The number of alkyl halides is 3. The Labute approximate surface area is 163 Å². The summed E-state index contributed by atoms with van der Waals surface area (Å²) in [5.41, 5.74) is 1.53. The van der Waals surface area contributed by atoms with Gasteiger partial charge in [-0.3, -0.25) is 9.59 Å². The molecular formula is C19H17F4N3O3. The lowest BCUT2D eigenvalue weighted by Crippen LogP contribution is -2.52. The van der Waals surface area contributed by atoms with Crippen molar-refractivity contribution in [3.63, 3.8) is 0 Å². The molecule has 1 aromatic carbocycles. The maximum absolute atomic E-state index is 14.8. The third-order valence-electron chi connectivity index (χ3n) is 6.37. The first kappa shape index (κ1) is 19.8. The Hall–Kier alpha value is -2.51. The van der Waals surface area contributed by atoms with Crippen LogP contribution in [0, 0.1) is 34.9 Å². The molecule has 0 radical (unpaired) electrons. The second-order valence-electron chi connectivity index (χ2n) is 8.07. The molecular weight excluding hydrogens is 394 g/mol. The number of ether oxygens (including phenoxy) is 1. The molecule has 3 saturated heterocycles. The Balaban J connectivity index is 1.83. The summed E-state index contributed by atoms with van der Waals surface area (Å²) in [4.78, 5) is 26.6. The number of hydrogen-bond donors (Lipinski definition) is 1. The Morgan fingerprint density at radius 2 is 1.97 bits per heavy atom. The first-order valence-electron chi connectivity index (χ1n) is 9.03. The summed E-state index contributed by atoms with van der Waals surface area (Å²) >= 11 is 0. The second-order valence-corrected chi connectivity index (χ2v) is 8.07. The SMILES string of the molecule is CC1[C@@H](N)C[C@]2(C)O[C@@H]1[C@H]1C(=O)N(c3ccc(C#N)c(C(F)(F)F)c3F)C(=O)[C@H]12. The van der Waals surface area contributed by atoms with Crippen LogP contribution in [-0.4, -0.2) is 29.6 Å². The van der Waals surface area contributed by atoms with E-state index in [0.29, 0.717) is 11.3 Å². The third kappa shape index (κ3) is 2.53. The van der Waals surface area contributed by atoms with E-state index in [0.717, 1.165) is 12.1 Å². The zero-order valence-corrected chi connectivity index (χ0v) is 15.5. The Kier molecular flexibility index (Phi) is 4.09. The molecule has 29 heavy (non-hydrogen) atoms. The van der Waals surface area contributed by atoms with Crippen molar-refractivity contribution in [2.45, 2.75) is 44.2 Å². The standard InChI is InChI=1S/C19H17F4N3O3/c1-7-9(25)5-18(2)13-11(15(7)29-18)16(27)26(17(13)28)10-4-3-8(6-24)12(14(10)20)19(21,22)23/h3-4,7,9,11,13,15H,5,25H2,1-2H3/t7?,9-,11-,13-,15-,18-/m0/s1. The highest BCUT2D eigenvalue weighted by Crippen LogP contribution is 2.55. The van der Waals surface area contributed by atoms with Crippen molar-refractivity contribution in [1.29, 1.82) is 5.26 Å². The van der Waals surface area contributed by atoms with Gasteiger partial charge in [0, 0.05) is 6.04 Å². The van der Waals surface area contributed by atoms with Gasteiger partial charge in [0.1, 0.15) is 5.56 Å². The first-order valence-corrected chi connectivity index (χ1v) is 9.03. The van der Waals surface area contributed by atoms with E-state index in [-0.39, 0.29) is 12.0 Å². The number of amides is 2. The topological polar surface area (TPSA) is 96.4 Å². The fourth-order valence-corrected chi connectivity index (χ4v) is 4.97. The Bertz CT molecular complexity index is 973. The van der Waals surface area contributed by atoms with Crippen LogP contribution in [0.1, 0.15) is 31.4 Å². The van der Waals surface area contributed by atoms with Crippen molar-refractivity contribution in [2.24, 2.45) is 23.5 Å². The van der Waals surface area contributed by atoms with Gasteiger partial charge in [0.15, 0.2) is 5.82 Å². The summed E-state index contributed by atoms with van der Waals surface area (Å²) in [5, 5.41) is 8.90. The molecule has 1 aromatic rings. The number of carbonyl (C=O) groups is 2. The van der Waals surface area contributed by atoms with Gasteiger partial charge < -0.3 is 10.5 Å². The predicted octanol–water partition coefficient (Wildman–Crippen LogP) is 2.35. The van der Waals surface area contributed by atoms with Crippen LogP contribution in [-0.2, 0) is 20.5 Å². The fourth-order valence-electron chi connectivity index (χ4n) is 4.97. The normalized spacial score (nSPS) is 36.3. The van der Waals surface area contributed by atoms with Gasteiger partial charge in [0.2, 0.25) is 11.8 Å². The average Bonchev–Trinajstić information content (AvgIpc) is 3.03. The van der Waals surface area contributed by atoms with Gasteiger partial charge in [-0.15, -0.1) is 0 Å². The summed E-state index contributed by atoms with van der Waals surface area (Å²) in [6, 6.07) is 2.60. The van der Waals surface area contributed by atoms with Gasteiger partial charge in [-0.25, -0.2) is 9.29 Å². The Morgan fingerprint density at radius 1 is 1.31 bits per heavy atom. The molecule has 6 nitrogen and oxygen atoms in total. The monoisotopic (exact) mass is 411 g/mol.